The van der Waals surface area contributed by atoms with Gasteiger partial charge in [0, 0.05) is 57.5 Å². The number of allylic oxidation sites excluding steroid dienone is 1. The smallest absolute Gasteiger partial charge is 0.146 e. The number of benzene rings is 1. The van der Waals surface area contributed by atoms with Gasteiger partial charge in [0.15, 0.2) is 0 Å². The number of halogens is 1. The second-order valence-electron chi connectivity index (χ2n) is 7.16. The summed E-state index contributed by atoms with van der Waals surface area (Å²) in [7, 11) is 0. The molecule has 4 rings (SSSR count). The van der Waals surface area contributed by atoms with E-state index in [1.165, 1.54) is 0 Å². The Hall–Kier alpha value is -2.87. The summed E-state index contributed by atoms with van der Waals surface area (Å²) < 4.78 is 6.28. The molecule has 0 saturated carbocycles. The van der Waals surface area contributed by atoms with Gasteiger partial charge in [0.05, 0.1) is 21.9 Å². The number of hydrogen-bond donors (Lipinski definition) is 0. The molecule has 0 atom stereocenters. The van der Waals surface area contributed by atoms with Crippen LogP contribution in [-0.2, 0) is 12.4 Å². The fraction of sp³-hybridized carbons (Fsp3) is 0.160. The van der Waals surface area contributed by atoms with Crippen LogP contribution in [0, 0.1) is 6.92 Å². The molecule has 8 heteroatoms. The Morgan fingerprint density at radius 3 is 2.94 bits per heavy atom. The van der Waals surface area contributed by atoms with Crippen LogP contribution in [-0.4, -0.2) is 15.0 Å². The summed E-state index contributed by atoms with van der Waals surface area (Å²) in [6.45, 7) is 8.20. The van der Waals surface area contributed by atoms with Gasteiger partial charge >= 0.3 is 0 Å². The second-order valence-corrected chi connectivity index (χ2v) is 9.31. The number of rotatable bonds is 9. The van der Waals surface area contributed by atoms with E-state index in [4.69, 9.17) is 21.3 Å². The minimum absolute atomic E-state index is 0.310. The molecule has 0 amide bonds. The number of fused-ring (bicyclic) bond motifs is 1. The lowest BCUT2D eigenvalue weighted by Crippen LogP contribution is -2.08. The molecular weight excluding hydrogens is 472 g/mol. The Labute approximate surface area is 206 Å². The van der Waals surface area contributed by atoms with Gasteiger partial charge in [0.25, 0.3) is 0 Å². The Morgan fingerprint density at radius 2 is 2.18 bits per heavy atom. The third-order valence-corrected chi connectivity index (χ3v) is 6.95. The number of thioether (sulfide) groups is 1. The number of para-hydroxylation sites is 1. The van der Waals surface area contributed by atoms with Crippen molar-refractivity contribution in [2.24, 2.45) is 0 Å². The maximum Gasteiger partial charge on any atom is 0.146 e. The Balaban J connectivity index is 1.64. The number of ether oxygens (including phenoxy) is 1. The first-order valence-corrected chi connectivity index (χ1v) is 12.6. The Kier molecular flexibility index (Phi) is 7.65. The van der Waals surface area contributed by atoms with E-state index in [1.807, 2.05) is 72.4 Å². The molecule has 0 aliphatic heterocycles. The van der Waals surface area contributed by atoms with E-state index in [-0.39, 0.29) is 0 Å². The lowest BCUT2D eigenvalue weighted by atomic mass is 10.1. The third kappa shape index (κ3) is 5.38. The van der Waals surface area contributed by atoms with Crippen LogP contribution in [0.15, 0.2) is 77.5 Å². The van der Waals surface area contributed by atoms with Crippen LogP contribution in [0.25, 0.3) is 10.9 Å². The molecule has 3 aromatic heterocycles. The highest BCUT2D eigenvalue weighted by Gasteiger charge is 2.14. The topological polar surface area (TPSA) is 51.1 Å². The molecule has 0 spiro atoms. The van der Waals surface area contributed by atoms with Crippen molar-refractivity contribution in [3.63, 3.8) is 0 Å². The molecule has 3 heterocycles. The van der Waals surface area contributed by atoms with E-state index >= 15 is 0 Å². The average Bonchev–Trinajstić information content (AvgIpc) is 3.34. The standard InChI is InChI=1S/C25H23ClN4OS2/c1-4-9-30(5-2)22-10-17(3)29-25-19(22)7-6-8-23(25)31-13-20-21(26)11-27-12-24(20)33-15-18-14-32-16-28-18/h4-12,14,16H,2,13,15H2,1,3H3/b9-4-. The zero-order valence-corrected chi connectivity index (χ0v) is 20.8. The largest absolute Gasteiger partial charge is 0.487 e. The number of aryl methyl sites for hydroxylation is 1. The molecular formula is C25H23ClN4OS2. The normalized spacial score (nSPS) is 11.2. The van der Waals surface area contributed by atoms with Gasteiger partial charge in [-0.15, -0.1) is 23.1 Å². The summed E-state index contributed by atoms with van der Waals surface area (Å²) in [5.41, 5.74) is 6.46. The first kappa shape index (κ1) is 23.3. The maximum absolute atomic E-state index is 6.51. The van der Waals surface area contributed by atoms with Crippen molar-refractivity contribution >= 4 is 51.3 Å². The monoisotopic (exact) mass is 494 g/mol. The number of anilines is 1. The first-order chi connectivity index (χ1) is 16.1. The molecule has 1 aromatic carbocycles. The molecule has 0 fully saturated rings. The zero-order valence-electron chi connectivity index (χ0n) is 18.4. The van der Waals surface area contributed by atoms with Crippen LogP contribution in [0.3, 0.4) is 0 Å². The molecule has 4 aromatic rings. The molecule has 0 bridgehead atoms. The number of aromatic nitrogens is 3. The van der Waals surface area contributed by atoms with Crippen LogP contribution in [0.1, 0.15) is 23.9 Å². The molecule has 0 radical (unpaired) electrons. The van der Waals surface area contributed by atoms with Crippen molar-refractivity contribution in [1.29, 1.82) is 0 Å². The Bertz CT molecular complexity index is 1290. The van der Waals surface area contributed by atoms with Gasteiger partial charge in [-0.3, -0.25) is 4.98 Å². The average molecular weight is 495 g/mol. The quantitative estimate of drug-likeness (QED) is 0.226. The minimum Gasteiger partial charge on any atom is -0.487 e. The van der Waals surface area contributed by atoms with Gasteiger partial charge in [-0.1, -0.05) is 36.4 Å². The molecule has 0 N–H and O–H groups in total. The molecule has 33 heavy (non-hydrogen) atoms. The number of pyridine rings is 2. The lowest BCUT2D eigenvalue weighted by molar-refractivity contribution is 0.306. The van der Waals surface area contributed by atoms with Crippen molar-refractivity contribution in [2.45, 2.75) is 31.1 Å². The van der Waals surface area contributed by atoms with Gasteiger partial charge in [-0.25, -0.2) is 9.97 Å². The van der Waals surface area contributed by atoms with Crippen LogP contribution in [0.4, 0.5) is 5.69 Å². The van der Waals surface area contributed by atoms with Gasteiger partial charge in [0.2, 0.25) is 0 Å². The predicted octanol–water partition coefficient (Wildman–Crippen LogP) is 7.40. The SMILES string of the molecule is C=CN(/C=C\C)c1cc(C)nc2c(OCc3c(Cl)cncc3SCc3cscn3)cccc12. The Morgan fingerprint density at radius 1 is 1.30 bits per heavy atom. The second kappa shape index (κ2) is 10.8. The minimum atomic E-state index is 0.310. The van der Waals surface area contributed by atoms with Crippen LogP contribution in [0.5, 0.6) is 5.75 Å². The summed E-state index contributed by atoms with van der Waals surface area (Å²) in [5, 5.41) is 3.60. The van der Waals surface area contributed by atoms with E-state index in [1.54, 1.807) is 35.5 Å². The van der Waals surface area contributed by atoms with Crippen molar-refractivity contribution in [2.75, 3.05) is 4.90 Å². The fourth-order valence-electron chi connectivity index (χ4n) is 3.38. The van der Waals surface area contributed by atoms with E-state index in [2.05, 4.69) is 16.5 Å². The third-order valence-electron chi connectivity index (χ3n) is 4.89. The van der Waals surface area contributed by atoms with E-state index in [0.29, 0.717) is 17.4 Å². The maximum atomic E-state index is 6.51. The first-order valence-electron chi connectivity index (χ1n) is 10.3. The molecule has 5 nitrogen and oxygen atoms in total. The predicted molar refractivity (Wildman–Crippen MR) is 139 cm³/mol. The lowest BCUT2D eigenvalue weighted by Gasteiger charge is -2.19. The molecule has 0 saturated heterocycles. The van der Waals surface area contributed by atoms with Gasteiger partial charge in [0.1, 0.15) is 17.9 Å². The van der Waals surface area contributed by atoms with E-state index < -0.39 is 0 Å². The fourth-order valence-corrected chi connectivity index (χ4v) is 5.25. The van der Waals surface area contributed by atoms with Crippen molar-refractivity contribution in [3.05, 3.63) is 94.6 Å². The van der Waals surface area contributed by atoms with Crippen molar-refractivity contribution < 1.29 is 4.74 Å². The summed E-state index contributed by atoms with van der Waals surface area (Å²) in [4.78, 5) is 16.3. The van der Waals surface area contributed by atoms with Crippen LogP contribution < -0.4 is 9.64 Å². The molecule has 168 valence electrons. The van der Waals surface area contributed by atoms with E-state index in [0.717, 1.165) is 44.2 Å². The van der Waals surface area contributed by atoms with Crippen LogP contribution in [0.2, 0.25) is 5.02 Å². The summed E-state index contributed by atoms with van der Waals surface area (Å²) in [6.07, 6.45) is 9.20. The highest BCUT2D eigenvalue weighted by molar-refractivity contribution is 7.98. The molecule has 0 aliphatic carbocycles. The highest BCUT2D eigenvalue weighted by atomic mass is 35.5. The summed E-state index contributed by atoms with van der Waals surface area (Å²) in [6, 6.07) is 7.99. The van der Waals surface area contributed by atoms with Gasteiger partial charge in [-0.2, -0.15) is 0 Å². The van der Waals surface area contributed by atoms with E-state index in [9.17, 15) is 0 Å². The number of thiazole rings is 1. The van der Waals surface area contributed by atoms with Crippen molar-refractivity contribution in [1.82, 2.24) is 15.0 Å². The number of nitrogens with zero attached hydrogens (tertiary/aromatic N) is 4. The summed E-state index contributed by atoms with van der Waals surface area (Å²) >= 11 is 9.75. The van der Waals surface area contributed by atoms with Crippen molar-refractivity contribution in [3.8, 4) is 5.75 Å². The summed E-state index contributed by atoms with van der Waals surface area (Å²) in [5.74, 6) is 1.45. The molecule has 0 unspecified atom stereocenters. The molecule has 0 aliphatic rings. The van der Waals surface area contributed by atoms with Crippen LogP contribution >= 0.6 is 34.7 Å². The van der Waals surface area contributed by atoms with Gasteiger partial charge < -0.3 is 9.64 Å². The zero-order chi connectivity index (χ0) is 23.2. The van der Waals surface area contributed by atoms with Gasteiger partial charge in [-0.05, 0) is 26.0 Å². The number of hydrogen-bond acceptors (Lipinski definition) is 7. The highest BCUT2D eigenvalue weighted by Crippen LogP contribution is 2.35.